The molecule has 0 bridgehead atoms. The molecule has 2 aliphatic rings. The van der Waals surface area contributed by atoms with E-state index in [1.54, 1.807) is 28.9 Å². The summed E-state index contributed by atoms with van der Waals surface area (Å²) in [6, 6.07) is 17.1. The molecule has 4 unspecified atom stereocenters. The van der Waals surface area contributed by atoms with Crippen LogP contribution in [0.3, 0.4) is 0 Å². The molecule has 2 fully saturated rings. The Labute approximate surface area is 182 Å². The maximum Gasteiger partial charge on any atom is 0.341 e. The molecule has 2 amide bonds. The predicted octanol–water partition coefficient (Wildman–Crippen LogP) is 1.87. The van der Waals surface area contributed by atoms with Crippen LogP contribution in [0, 0.1) is 11.3 Å². The first-order chi connectivity index (χ1) is 15.7. The van der Waals surface area contributed by atoms with Crippen molar-refractivity contribution < 1.29 is 19.0 Å². The number of nitrogens with one attached hydrogen (secondary N) is 2. The largest absolute Gasteiger partial charge is 0.423 e. The third kappa shape index (κ3) is 3.96. The van der Waals surface area contributed by atoms with Gasteiger partial charge in [0.05, 0.1) is 30.9 Å². The number of carbonyl (C=O) groups excluding carboxylic acids is 1. The number of fused-ring (bicyclic) bond motifs is 1. The average Bonchev–Trinajstić information content (AvgIpc) is 3.52. The zero-order valence-corrected chi connectivity index (χ0v) is 16.8. The number of nitriles is 1. The number of benzene rings is 2. The number of hydrogen-bond acceptors (Lipinski definition) is 8. The Kier molecular flexibility index (Phi) is 5.37. The standard InChI is InChI=1S/C21H19N7O4/c22-10-13-5-4-6-14(9-13)23-20(29)24-16-11-30-19-17(12-31-18(16)19)28-21(25-26-27-28)32-15-7-2-1-3-8-15/h1-9,16-19H,11-12H2,(H2,23,24,29). The number of carbonyl (C=O) groups is 1. The van der Waals surface area contributed by atoms with Crippen LogP contribution < -0.4 is 15.4 Å². The van der Waals surface area contributed by atoms with Gasteiger partial charge in [-0.3, -0.25) is 0 Å². The summed E-state index contributed by atoms with van der Waals surface area (Å²) in [6.45, 7) is 0.601. The summed E-state index contributed by atoms with van der Waals surface area (Å²) in [6.07, 6.45) is -0.700. The summed E-state index contributed by atoms with van der Waals surface area (Å²) in [5.41, 5.74) is 0.989. The minimum absolute atomic E-state index is 0.237. The molecule has 1 aromatic heterocycles. The zero-order valence-electron chi connectivity index (χ0n) is 16.8. The minimum atomic E-state index is -0.406. The smallest absolute Gasteiger partial charge is 0.341 e. The van der Waals surface area contributed by atoms with Gasteiger partial charge >= 0.3 is 12.0 Å². The normalized spacial score (nSPS) is 23.8. The number of urea groups is 1. The van der Waals surface area contributed by atoms with Crippen molar-refractivity contribution in [3.8, 4) is 17.8 Å². The van der Waals surface area contributed by atoms with Crippen molar-refractivity contribution in [2.75, 3.05) is 18.5 Å². The van der Waals surface area contributed by atoms with Gasteiger partial charge in [-0.2, -0.15) is 9.94 Å². The van der Waals surface area contributed by atoms with Gasteiger partial charge in [-0.05, 0) is 40.8 Å². The average molecular weight is 433 g/mol. The van der Waals surface area contributed by atoms with Crippen molar-refractivity contribution in [3.63, 3.8) is 0 Å². The highest BCUT2D eigenvalue weighted by Crippen LogP contribution is 2.36. The third-order valence-electron chi connectivity index (χ3n) is 5.32. The van der Waals surface area contributed by atoms with Crippen LogP contribution in [0.4, 0.5) is 10.5 Å². The molecule has 162 valence electrons. The number of ether oxygens (including phenoxy) is 3. The lowest BCUT2D eigenvalue weighted by molar-refractivity contribution is 0.0613. The number of aromatic nitrogens is 4. The Hall–Kier alpha value is -4.01. The molecule has 0 aliphatic carbocycles. The number of rotatable bonds is 5. The molecule has 3 heterocycles. The van der Waals surface area contributed by atoms with E-state index in [1.807, 2.05) is 36.4 Å². The molecule has 0 saturated carbocycles. The fourth-order valence-electron chi connectivity index (χ4n) is 3.87. The van der Waals surface area contributed by atoms with Gasteiger partial charge in [0.2, 0.25) is 0 Å². The zero-order chi connectivity index (χ0) is 21.9. The van der Waals surface area contributed by atoms with Gasteiger partial charge in [0.1, 0.15) is 24.0 Å². The lowest BCUT2D eigenvalue weighted by Gasteiger charge is -2.18. The first-order valence-corrected chi connectivity index (χ1v) is 10.0. The van der Waals surface area contributed by atoms with E-state index in [0.717, 1.165) is 0 Å². The molecule has 0 radical (unpaired) electrons. The van der Waals surface area contributed by atoms with Crippen LogP contribution >= 0.6 is 0 Å². The maximum absolute atomic E-state index is 12.5. The van der Waals surface area contributed by atoms with E-state index in [-0.39, 0.29) is 36.9 Å². The summed E-state index contributed by atoms with van der Waals surface area (Å²) >= 11 is 0. The van der Waals surface area contributed by atoms with Crippen LogP contribution in [0.25, 0.3) is 0 Å². The molecule has 11 nitrogen and oxygen atoms in total. The third-order valence-corrected chi connectivity index (χ3v) is 5.32. The highest BCUT2D eigenvalue weighted by molar-refractivity contribution is 5.89. The van der Waals surface area contributed by atoms with Gasteiger partial charge in [0.25, 0.3) is 0 Å². The quantitative estimate of drug-likeness (QED) is 0.622. The van der Waals surface area contributed by atoms with Gasteiger partial charge in [-0.1, -0.05) is 29.4 Å². The van der Waals surface area contributed by atoms with Gasteiger partial charge in [0.15, 0.2) is 0 Å². The minimum Gasteiger partial charge on any atom is -0.423 e. The molecule has 5 rings (SSSR count). The van der Waals surface area contributed by atoms with Crippen LogP contribution in [0.15, 0.2) is 54.6 Å². The summed E-state index contributed by atoms with van der Waals surface area (Å²) < 4.78 is 19.2. The van der Waals surface area contributed by atoms with Gasteiger partial charge in [-0.15, -0.1) is 0 Å². The first-order valence-electron chi connectivity index (χ1n) is 10.0. The van der Waals surface area contributed by atoms with Gasteiger partial charge < -0.3 is 24.8 Å². The summed E-state index contributed by atoms with van der Waals surface area (Å²) in [4.78, 5) is 12.5. The van der Waals surface area contributed by atoms with Gasteiger partial charge in [-0.25, -0.2) is 4.79 Å². The number of amides is 2. The molecule has 32 heavy (non-hydrogen) atoms. The van der Waals surface area contributed by atoms with E-state index in [0.29, 0.717) is 23.6 Å². The molecule has 2 N–H and O–H groups in total. The topological polar surface area (TPSA) is 136 Å². The second kappa shape index (κ2) is 8.62. The molecule has 4 atom stereocenters. The maximum atomic E-state index is 12.5. The van der Waals surface area contributed by atoms with E-state index in [1.165, 1.54) is 0 Å². The summed E-state index contributed by atoms with van der Waals surface area (Å²) in [7, 11) is 0. The van der Waals surface area contributed by atoms with Crippen molar-refractivity contribution in [1.29, 1.82) is 5.26 Å². The van der Waals surface area contributed by atoms with E-state index in [9.17, 15) is 4.79 Å². The molecule has 2 saturated heterocycles. The highest BCUT2D eigenvalue weighted by atomic mass is 16.6. The Balaban J connectivity index is 1.23. The number of anilines is 1. The van der Waals surface area contributed by atoms with Crippen molar-refractivity contribution in [2.45, 2.75) is 24.3 Å². The van der Waals surface area contributed by atoms with Crippen molar-refractivity contribution in [1.82, 2.24) is 25.5 Å². The Morgan fingerprint density at radius 2 is 1.97 bits per heavy atom. The SMILES string of the molecule is N#Cc1cccc(NC(=O)NC2COC3C2OCC3n2nnnc2Oc2ccccc2)c1. The predicted molar refractivity (Wildman–Crippen MR) is 110 cm³/mol. The highest BCUT2D eigenvalue weighted by Gasteiger charge is 2.50. The molecular formula is C21H19N7O4. The van der Waals surface area contributed by atoms with Crippen molar-refractivity contribution in [2.24, 2.45) is 0 Å². The Morgan fingerprint density at radius 3 is 2.81 bits per heavy atom. The lowest BCUT2D eigenvalue weighted by Crippen LogP contribution is -2.45. The van der Waals surface area contributed by atoms with Crippen LogP contribution in [0.2, 0.25) is 0 Å². The molecule has 2 aromatic carbocycles. The fourth-order valence-corrected chi connectivity index (χ4v) is 3.87. The summed E-state index contributed by atoms with van der Waals surface area (Å²) in [5.74, 6) is 0.614. The lowest BCUT2D eigenvalue weighted by atomic mass is 10.1. The van der Waals surface area contributed by atoms with Crippen molar-refractivity contribution in [3.05, 3.63) is 60.2 Å². The van der Waals surface area contributed by atoms with E-state index in [2.05, 4.69) is 26.2 Å². The van der Waals surface area contributed by atoms with Crippen LogP contribution in [-0.4, -0.2) is 57.7 Å². The number of tetrazole rings is 1. The number of para-hydroxylation sites is 1. The van der Waals surface area contributed by atoms with Crippen LogP contribution in [0.1, 0.15) is 11.6 Å². The number of nitrogens with zero attached hydrogens (tertiary/aromatic N) is 5. The molecule has 3 aromatic rings. The Morgan fingerprint density at radius 1 is 1.12 bits per heavy atom. The molecule has 0 spiro atoms. The molecule has 2 aliphatic heterocycles. The van der Waals surface area contributed by atoms with Crippen LogP contribution in [-0.2, 0) is 9.47 Å². The molecular weight excluding hydrogens is 414 g/mol. The van der Waals surface area contributed by atoms with E-state index in [4.69, 9.17) is 19.5 Å². The molecule has 11 heteroatoms. The second-order valence-corrected chi connectivity index (χ2v) is 7.38. The second-order valence-electron chi connectivity index (χ2n) is 7.38. The number of hydrogen-bond donors (Lipinski definition) is 2. The van der Waals surface area contributed by atoms with E-state index < -0.39 is 6.03 Å². The van der Waals surface area contributed by atoms with Gasteiger partial charge in [0, 0.05) is 5.69 Å². The van der Waals surface area contributed by atoms with Crippen molar-refractivity contribution >= 4 is 11.7 Å². The first kappa shape index (κ1) is 19.9. The van der Waals surface area contributed by atoms with Crippen LogP contribution in [0.5, 0.6) is 11.8 Å². The Bertz CT molecular complexity index is 1150. The summed E-state index contributed by atoms with van der Waals surface area (Å²) in [5, 5.41) is 26.4. The van der Waals surface area contributed by atoms with E-state index >= 15 is 0 Å². The fraction of sp³-hybridized carbons (Fsp3) is 0.286. The monoisotopic (exact) mass is 433 g/mol.